The predicted octanol–water partition coefficient (Wildman–Crippen LogP) is -1.77. The summed E-state index contributed by atoms with van der Waals surface area (Å²) in [6.45, 7) is 1.97. The molecule has 0 aliphatic carbocycles. The van der Waals surface area contributed by atoms with Crippen LogP contribution >= 0.6 is 0 Å². The number of aromatic nitrogens is 1. The van der Waals surface area contributed by atoms with Gasteiger partial charge in [0.05, 0.1) is 5.69 Å². The number of hydrogen-bond donors (Lipinski definition) is 0. The third-order valence-corrected chi connectivity index (χ3v) is 2.74. The number of aryl methyl sites for hydroxylation is 1. The lowest BCUT2D eigenvalue weighted by Gasteiger charge is -2.16. The van der Waals surface area contributed by atoms with E-state index in [1.807, 2.05) is 31.2 Å². The number of pyridine rings is 1. The van der Waals surface area contributed by atoms with Gasteiger partial charge in [-0.2, -0.15) is 0 Å². The highest BCUT2D eigenvalue weighted by Crippen LogP contribution is 2.17. The van der Waals surface area contributed by atoms with Gasteiger partial charge in [0.2, 0.25) is 0 Å². The minimum atomic E-state index is 0.204. The Bertz CT molecular complexity index is 581. The summed E-state index contributed by atoms with van der Waals surface area (Å²) in [5.41, 5.74) is 3.63. The van der Waals surface area contributed by atoms with Crippen LogP contribution in [0.3, 0.4) is 0 Å². The van der Waals surface area contributed by atoms with E-state index in [0.717, 1.165) is 11.1 Å². The van der Waals surface area contributed by atoms with Gasteiger partial charge in [0.1, 0.15) is 31.4 Å². The van der Waals surface area contributed by atoms with Crippen molar-refractivity contribution in [3.63, 3.8) is 0 Å². The van der Waals surface area contributed by atoms with Crippen molar-refractivity contribution in [2.45, 2.75) is 6.92 Å². The molecule has 0 aliphatic rings. The molecule has 0 bridgehead atoms. The molecular weight excluding hydrogens is 201 g/mol. The molecule has 0 unspecified atom stereocenters. The maximum Gasteiger partial charge on any atom is 0.140 e. The second-order valence-electron chi connectivity index (χ2n) is 3.90. The van der Waals surface area contributed by atoms with Gasteiger partial charge in [-0.25, -0.2) is 0 Å². The predicted molar refractivity (Wildman–Crippen MR) is 76.0 cm³/mol. The minimum Gasteiger partial charge on any atom is -0.266 e. The van der Waals surface area contributed by atoms with Crippen LogP contribution in [-0.2, 0) is 0 Å². The average molecular weight is 208 g/mol. The van der Waals surface area contributed by atoms with E-state index in [1.54, 1.807) is 0 Å². The summed E-state index contributed by atoms with van der Waals surface area (Å²) in [6, 6.07) is 7.74. The van der Waals surface area contributed by atoms with Crippen molar-refractivity contribution < 1.29 is 0 Å². The first-order valence-corrected chi connectivity index (χ1v) is 5.18. The number of rotatable bonds is 1. The van der Waals surface area contributed by atoms with Gasteiger partial charge in [0, 0.05) is 5.56 Å². The molecule has 1 heterocycles. The topological polar surface area (TPSA) is 12.9 Å². The van der Waals surface area contributed by atoms with Gasteiger partial charge < -0.3 is 0 Å². The summed E-state index contributed by atoms with van der Waals surface area (Å²) >= 11 is 0. The SMILES string of the molecule is [B]c1nc(-c2ccccc2C)c([B])c([B])c1[B]. The molecule has 0 saturated carbocycles. The maximum absolute atomic E-state index is 5.93. The van der Waals surface area contributed by atoms with Gasteiger partial charge in [-0.3, -0.25) is 4.98 Å². The van der Waals surface area contributed by atoms with Gasteiger partial charge in [-0.15, -0.1) is 5.46 Å². The zero-order valence-corrected chi connectivity index (χ0v) is 9.57. The van der Waals surface area contributed by atoms with Gasteiger partial charge in [-0.05, 0) is 18.1 Å². The Kier molecular flexibility index (Phi) is 3.19. The Morgan fingerprint density at radius 3 is 2.18 bits per heavy atom. The molecule has 0 amide bonds. The quantitative estimate of drug-likeness (QED) is 0.506. The zero-order valence-electron chi connectivity index (χ0n) is 9.57. The average Bonchev–Trinajstić information content (AvgIpc) is 2.32. The van der Waals surface area contributed by atoms with Gasteiger partial charge in [-0.1, -0.05) is 35.2 Å². The van der Waals surface area contributed by atoms with E-state index in [9.17, 15) is 0 Å². The molecule has 0 saturated heterocycles. The van der Waals surface area contributed by atoms with E-state index in [1.165, 1.54) is 0 Å². The minimum absolute atomic E-state index is 0.204. The van der Waals surface area contributed by atoms with Gasteiger partial charge in [0.25, 0.3) is 0 Å². The molecule has 0 aliphatic heterocycles. The molecular formula is C12H7B4N. The van der Waals surface area contributed by atoms with Crippen molar-refractivity contribution in [2.75, 3.05) is 0 Å². The lowest BCUT2D eigenvalue weighted by Crippen LogP contribution is -2.49. The Hall–Kier alpha value is -1.37. The maximum atomic E-state index is 5.93. The first kappa shape index (κ1) is 12.1. The summed E-state index contributed by atoms with van der Waals surface area (Å²) in [5, 5.41) is 0. The van der Waals surface area contributed by atoms with Crippen molar-refractivity contribution in [2.24, 2.45) is 0 Å². The van der Waals surface area contributed by atoms with Crippen LogP contribution in [0.2, 0.25) is 0 Å². The Balaban J connectivity index is 2.73. The lowest BCUT2D eigenvalue weighted by atomic mass is 9.68. The fourth-order valence-electron chi connectivity index (χ4n) is 1.70. The molecule has 0 fully saturated rings. The highest BCUT2D eigenvalue weighted by Gasteiger charge is 2.10. The molecule has 8 radical (unpaired) electrons. The van der Waals surface area contributed by atoms with Crippen molar-refractivity contribution in [1.29, 1.82) is 0 Å². The van der Waals surface area contributed by atoms with Crippen LogP contribution in [0.1, 0.15) is 5.56 Å². The van der Waals surface area contributed by atoms with E-state index >= 15 is 0 Å². The van der Waals surface area contributed by atoms with Crippen LogP contribution in [0.5, 0.6) is 0 Å². The molecule has 1 aromatic heterocycles. The fraction of sp³-hybridized carbons (Fsp3) is 0.0833. The van der Waals surface area contributed by atoms with Crippen LogP contribution < -0.4 is 22.0 Å². The van der Waals surface area contributed by atoms with E-state index in [2.05, 4.69) is 4.98 Å². The number of nitrogens with zero attached hydrogens (tertiary/aromatic N) is 1. The molecule has 2 aromatic rings. The smallest absolute Gasteiger partial charge is 0.140 e. The monoisotopic (exact) mass is 209 g/mol. The Morgan fingerprint density at radius 2 is 1.53 bits per heavy atom. The van der Waals surface area contributed by atoms with Crippen molar-refractivity contribution in [3.8, 4) is 11.3 Å². The Labute approximate surface area is 107 Å². The highest BCUT2D eigenvalue weighted by atomic mass is 14.7. The summed E-state index contributed by atoms with van der Waals surface area (Å²) in [7, 11) is 23.1. The molecule has 72 valence electrons. The van der Waals surface area contributed by atoms with Gasteiger partial charge >= 0.3 is 0 Å². The van der Waals surface area contributed by atoms with E-state index in [0.29, 0.717) is 11.2 Å². The molecule has 17 heavy (non-hydrogen) atoms. The molecule has 1 nitrogen and oxygen atoms in total. The van der Waals surface area contributed by atoms with E-state index in [4.69, 9.17) is 31.4 Å². The molecule has 1 aromatic carbocycles. The molecule has 0 atom stereocenters. The lowest BCUT2D eigenvalue weighted by molar-refractivity contribution is 1.38. The summed E-state index contributed by atoms with van der Waals surface area (Å²) in [5.74, 6) is 0. The third kappa shape index (κ3) is 2.06. The van der Waals surface area contributed by atoms with Crippen LogP contribution in [0, 0.1) is 6.92 Å². The number of benzene rings is 1. The Morgan fingerprint density at radius 1 is 0.882 bits per heavy atom. The van der Waals surface area contributed by atoms with Crippen LogP contribution in [0.25, 0.3) is 11.3 Å². The molecule has 2 rings (SSSR count). The molecule has 0 N–H and O–H groups in total. The number of hydrogen-bond acceptors (Lipinski definition) is 1. The van der Waals surface area contributed by atoms with Crippen molar-refractivity contribution >= 4 is 53.4 Å². The summed E-state index contributed by atoms with van der Waals surface area (Å²) in [4.78, 5) is 4.21. The normalized spacial score (nSPS) is 10.4. The second-order valence-corrected chi connectivity index (χ2v) is 3.90. The van der Waals surface area contributed by atoms with E-state index < -0.39 is 0 Å². The first-order valence-electron chi connectivity index (χ1n) is 5.18. The van der Waals surface area contributed by atoms with Crippen LogP contribution in [0.15, 0.2) is 24.3 Å². The third-order valence-electron chi connectivity index (χ3n) is 2.74. The molecule has 5 heteroatoms. The van der Waals surface area contributed by atoms with E-state index in [-0.39, 0.29) is 16.5 Å². The van der Waals surface area contributed by atoms with Gasteiger partial charge in [0.15, 0.2) is 0 Å². The summed E-state index contributed by atoms with van der Waals surface area (Å²) < 4.78 is 0. The van der Waals surface area contributed by atoms with Crippen LogP contribution in [0.4, 0.5) is 0 Å². The summed E-state index contributed by atoms with van der Waals surface area (Å²) in [6.07, 6.45) is 0. The fourth-order valence-corrected chi connectivity index (χ4v) is 1.70. The van der Waals surface area contributed by atoms with Crippen molar-refractivity contribution in [3.05, 3.63) is 29.8 Å². The second kappa shape index (κ2) is 4.48. The van der Waals surface area contributed by atoms with Crippen molar-refractivity contribution in [1.82, 2.24) is 4.98 Å². The highest BCUT2D eigenvalue weighted by molar-refractivity contribution is 6.62. The van der Waals surface area contributed by atoms with Crippen LogP contribution in [-0.4, -0.2) is 36.4 Å². The zero-order chi connectivity index (χ0) is 12.6. The standard InChI is InChI=1S/C12H7B4N/c1-6-4-2-3-5-7(6)11-9(14)8(13)10(15)12(16)17-11/h2-5H,1H3. The largest absolute Gasteiger partial charge is 0.266 e. The molecule has 0 spiro atoms. The first-order chi connectivity index (χ1) is 8.02.